The molecule has 1 aromatic carbocycles. The van der Waals surface area contributed by atoms with Crippen LogP contribution in [0.15, 0.2) is 61.1 Å². The largest absolute Gasteiger partial charge is 0.366 e. The number of aromatic nitrogens is 3. The molecule has 2 aromatic heterocycles. The highest BCUT2D eigenvalue weighted by molar-refractivity contribution is 5.94. The van der Waals surface area contributed by atoms with Crippen molar-refractivity contribution in [2.45, 2.75) is 24.7 Å². The molecule has 0 aliphatic heterocycles. The van der Waals surface area contributed by atoms with Crippen molar-refractivity contribution in [2.75, 3.05) is 11.9 Å². The van der Waals surface area contributed by atoms with Crippen LogP contribution >= 0.6 is 0 Å². The molecule has 0 radical (unpaired) electrons. The number of nitrogens with two attached hydrogens (primary N) is 1. The van der Waals surface area contributed by atoms with Gasteiger partial charge in [0.2, 0.25) is 11.9 Å². The number of nitrogens with one attached hydrogen (secondary N) is 1. The van der Waals surface area contributed by atoms with Gasteiger partial charge in [0.15, 0.2) is 0 Å². The van der Waals surface area contributed by atoms with E-state index in [1.165, 1.54) is 6.42 Å². The van der Waals surface area contributed by atoms with E-state index in [-0.39, 0.29) is 5.41 Å². The van der Waals surface area contributed by atoms with Gasteiger partial charge in [-0.05, 0) is 42.7 Å². The number of hydrogen-bond donors (Lipinski definition) is 2. The lowest BCUT2D eigenvalue weighted by atomic mass is 9.66. The van der Waals surface area contributed by atoms with Gasteiger partial charge in [-0.15, -0.1) is 0 Å². The number of benzene rings is 1. The molecule has 0 spiro atoms. The van der Waals surface area contributed by atoms with Crippen molar-refractivity contribution in [1.82, 2.24) is 15.0 Å². The van der Waals surface area contributed by atoms with Crippen LogP contribution in [0.25, 0.3) is 11.1 Å². The molecule has 1 amide bonds. The molecule has 2 heterocycles. The van der Waals surface area contributed by atoms with E-state index >= 15 is 0 Å². The first-order valence-corrected chi connectivity index (χ1v) is 9.04. The van der Waals surface area contributed by atoms with Crippen molar-refractivity contribution < 1.29 is 4.79 Å². The third kappa shape index (κ3) is 3.51. The number of anilines is 1. The highest BCUT2D eigenvalue weighted by Crippen LogP contribution is 2.42. The Hall–Kier alpha value is -3.28. The van der Waals surface area contributed by atoms with E-state index in [2.05, 4.69) is 26.3 Å². The van der Waals surface area contributed by atoms with Crippen molar-refractivity contribution in [3.8, 4) is 11.1 Å². The standard InChI is InChI=1S/C21H21N5O/c22-19(27)16-6-3-5-15(11-16)17-12-24-20(25-13-17)26-14-21(8-4-9-21)18-7-1-2-10-23-18/h1-3,5-7,10-13H,4,8-9,14H2,(H2,22,27)(H,24,25,26). The maximum absolute atomic E-state index is 11.3. The van der Waals surface area contributed by atoms with Crippen LogP contribution in [0.5, 0.6) is 0 Å². The first-order valence-electron chi connectivity index (χ1n) is 9.04. The molecule has 0 bridgehead atoms. The molecule has 1 fully saturated rings. The summed E-state index contributed by atoms with van der Waals surface area (Å²) in [6.07, 6.45) is 8.81. The maximum atomic E-state index is 11.3. The fourth-order valence-electron chi connectivity index (χ4n) is 3.47. The highest BCUT2D eigenvalue weighted by Gasteiger charge is 2.39. The minimum absolute atomic E-state index is 0.0686. The Balaban J connectivity index is 1.47. The van der Waals surface area contributed by atoms with E-state index in [9.17, 15) is 4.79 Å². The topological polar surface area (TPSA) is 93.8 Å². The minimum atomic E-state index is -0.448. The van der Waals surface area contributed by atoms with Crippen LogP contribution in [0, 0.1) is 0 Å². The third-order valence-electron chi connectivity index (χ3n) is 5.24. The minimum Gasteiger partial charge on any atom is -0.366 e. The predicted molar refractivity (Wildman–Crippen MR) is 104 cm³/mol. The Bertz CT molecular complexity index is 936. The summed E-state index contributed by atoms with van der Waals surface area (Å²) in [5, 5.41) is 3.36. The van der Waals surface area contributed by atoms with Gasteiger partial charge in [0, 0.05) is 47.4 Å². The molecule has 0 unspecified atom stereocenters. The summed E-state index contributed by atoms with van der Waals surface area (Å²) >= 11 is 0. The van der Waals surface area contributed by atoms with Crippen LogP contribution in [0.3, 0.4) is 0 Å². The zero-order chi connectivity index (χ0) is 18.7. The zero-order valence-corrected chi connectivity index (χ0v) is 14.9. The Morgan fingerprint density at radius 1 is 1.04 bits per heavy atom. The molecule has 0 atom stereocenters. The van der Waals surface area contributed by atoms with E-state index in [0.29, 0.717) is 11.5 Å². The quantitative estimate of drug-likeness (QED) is 0.705. The van der Waals surface area contributed by atoms with E-state index in [4.69, 9.17) is 5.73 Å². The van der Waals surface area contributed by atoms with Crippen molar-refractivity contribution in [1.29, 1.82) is 0 Å². The highest BCUT2D eigenvalue weighted by atomic mass is 16.1. The lowest BCUT2D eigenvalue weighted by Gasteiger charge is -2.41. The van der Waals surface area contributed by atoms with Gasteiger partial charge in [0.1, 0.15) is 0 Å². The van der Waals surface area contributed by atoms with Crippen molar-refractivity contribution in [2.24, 2.45) is 5.73 Å². The van der Waals surface area contributed by atoms with E-state index in [0.717, 1.165) is 36.2 Å². The Morgan fingerprint density at radius 2 is 1.85 bits per heavy atom. The summed E-state index contributed by atoms with van der Waals surface area (Å²) < 4.78 is 0. The van der Waals surface area contributed by atoms with Crippen molar-refractivity contribution in [3.63, 3.8) is 0 Å². The summed E-state index contributed by atoms with van der Waals surface area (Å²) in [5.41, 5.74) is 8.72. The van der Waals surface area contributed by atoms with Gasteiger partial charge in [-0.3, -0.25) is 9.78 Å². The summed E-state index contributed by atoms with van der Waals surface area (Å²) in [5.74, 6) is 0.142. The summed E-state index contributed by atoms with van der Waals surface area (Å²) in [6, 6.07) is 13.2. The molecule has 1 aliphatic carbocycles. The lowest BCUT2D eigenvalue weighted by Crippen LogP contribution is -2.41. The summed E-state index contributed by atoms with van der Waals surface area (Å²) in [4.78, 5) is 24.7. The first-order chi connectivity index (χ1) is 13.2. The van der Waals surface area contributed by atoms with Crippen LogP contribution in [-0.4, -0.2) is 27.4 Å². The van der Waals surface area contributed by atoms with E-state index in [1.54, 1.807) is 30.6 Å². The maximum Gasteiger partial charge on any atom is 0.248 e. The molecular formula is C21H21N5O. The monoisotopic (exact) mass is 359 g/mol. The normalized spacial score (nSPS) is 15.0. The second-order valence-corrected chi connectivity index (χ2v) is 6.94. The van der Waals surface area contributed by atoms with Gasteiger partial charge in [0.05, 0.1) is 0 Å². The number of nitrogens with zero attached hydrogens (tertiary/aromatic N) is 3. The molecule has 1 saturated carbocycles. The molecule has 6 nitrogen and oxygen atoms in total. The van der Waals surface area contributed by atoms with Crippen molar-refractivity contribution in [3.05, 3.63) is 72.3 Å². The van der Waals surface area contributed by atoms with Crippen LogP contribution < -0.4 is 11.1 Å². The van der Waals surface area contributed by atoms with Gasteiger partial charge in [-0.2, -0.15) is 0 Å². The van der Waals surface area contributed by atoms with Gasteiger partial charge in [-0.1, -0.05) is 24.6 Å². The lowest BCUT2D eigenvalue weighted by molar-refractivity contribution is 0.100. The smallest absolute Gasteiger partial charge is 0.248 e. The fraction of sp³-hybridized carbons (Fsp3) is 0.238. The summed E-state index contributed by atoms with van der Waals surface area (Å²) in [6.45, 7) is 0.764. The number of rotatable bonds is 6. The molecule has 4 rings (SSSR count). The molecule has 136 valence electrons. The third-order valence-corrected chi connectivity index (χ3v) is 5.24. The number of pyridine rings is 1. The number of amides is 1. The Morgan fingerprint density at radius 3 is 2.48 bits per heavy atom. The van der Waals surface area contributed by atoms with Gasteiger partial charge >= 0.3 is 0 Å². The summed E-state index contributed by atoms with van der Waals surface area (Å²) in [7, 11) is 0. The molecule has 1 aliphatic rings. The number of primary amides is 1. The van der Waals surface area contributed by atoms with Gasteiger partial charge in [-0.25, -0.2) is 9.97 Å². The molecule has 0 saturated heterocycles. The number of carbonyl (C=O) groups excluding carboxylic acids is 1. The van der Waals surface area contributed by atoms with Crippen LogP contribution in [0.1, 0.15) is 35.3 Å². The number of hydrogen-bond acceptors (Lipinski definition) is 5. The Labute approximate surface area is 157 Å². The van der Waals surface area contributed by atoms with Crippen LogP contribution in [0.4, 0.5) is 5.95 Å². The molecule has 3 aromatic rings. The second-order valence-electron chi connectivity index (χ2n) is 6.94. The Kier molecular flexibility index (Phi) is 4.54. The van der Waals surface area contributed by atoms with Gasteiger partial charge < -0.3 is 11.1 Å². The molecular weight excluding hydrogens is 338 g/mol. The SMILES string of the molecule is NC(=O)c1cccc(-c2cnc(NCC3(c4ccccn4)CCC3)nc2)c1. The first kappa shape index (κ1) is 17.1. The van der Waals surface area contributed by atoms with Gasteiger partial charge in [0.25, 0.3) is 0 Å². The average Bonchev–Trinajstić information content (AvgIpc) is 2.68. The average molecular weight is 359 g/mol. The number of carbonyl (C=O) groups is 1. The molecule has 3 N–H and O–H groups in total. The predicted octanol–water partition coefficient (Wildman–Crippen LogP) is 3.17. The zero-order valence-electron chi connectivity index (χ0n) is 14.9. The fourth-order valence-corrected chi connectivity index (χ4v) is 3.47. The van der Waals surface area contributed by atoms with Crippen molar-refractivity contribution >= 4 is 11.9 Å². The van der Waals surface area contributed by atoms with Crippen LogP contribution in [0.2, 0.25) is 0 Å². The van der Waals surface area contributed by atoms with Crippen LogP contribution in [-0.2, 0) is 5.41 Å². The molecule has 27 heavy (non-hydrogen) atoms. The second kappa shape index (κ2) is 7.15. The molecule has 6 heteroatoms. The van der Waals surface area contributed by atoms with E-state index < -0.39 is 5.91 Å². The van der Waals surface area contributed by atoms with E-state index in [1.807, 2.05) is 24.4 Å².